The van der Waals surface area contributed by atoms with E-state index in [4.69, 9.17) is 5.26 Å². The molecule has 82 valence electrons. The lowest BCUT2D eigenvalue weighted by molar-refractivity contribution is -0.131. The molecule has 1 aromatic rings. The smallest absolute Gasteiger partial charge is 0.240 e. The molecule has 1 aromatic heterocycles. The van der Waals surface area contributed by atoms with Gasteiger partial charge in [0.15, 0.2) is 0 Å². The second-order valence-electron chi connectivity index (χ2n) is 4.05. The summed E-state index contributed by atoms with van der Waals surface area (Å²) in [6, 6.07) is 7.67. The van der Waals surface area contributed by atoms with Gasteiger partial charge in [0.25, 0.3) is 0 Å². The predicted octanol–water partition coefficient (Wildman–Crippen LogP) is 1.39. The van der Waals surface area contributed by atoms with Crippen molar-refractivity contribution in [3.05, 3.63) is 30.1 Å². The Bertz CT molecular complexity index is 418. The van der Waals surface area contributed by atoms with Gasteiger partial charge in [-0.1, -0.05) is 6.07 Å². The van der Waals surface area contributed by atoms with Gasteiger partial charge in [0.1, 0.15) is 5.41 Å². The van der Waals surface area contributed by atoms with E-state index < -0.39 is 5.41 Å². The molecule has 0 saturated heterocycles. The first-order valence-electron chi connectivity index (χ1n) is 5.36. The van der Waals surface area contributed by atoms with Crippen molar-refractivity contribution in [2.75, 3.05) is 0 Å². The van der Waals surface area contributed by atoms with E-state index in [2.05, 4.69) is 16.4 Å². The molecule has 0 aliphatic heterocycles. The molecule has 4 nitrogen and oxygen atoms in total. The van der Waals surface area contributed by atoms with Crippen molar-refractivity contribution in [2.45, 2.75) is 25.8 Å². The van der Waals surface area contributed by atoms with Gasteiger partial charge in [0.05, 0.1) is 18.3 Å². The standard InChI is InChI=1S/C12H13N3O/c13-9-12(5-3-6-12)11(16)15-8-10-4-1-2-7-14-10/h1-2,4,7H,3,5-6,8H2,(H,15,16). The van der Waals surface area contributed by atoms with E-state index in [0.717, 1.165) is 12.1 Å². The molecule has 1 aliphatic rings. The van der Waals surface area contributed by atoms with Crippen LogP contribution in [0.5, 0.6) is 0 Å². The second kappa shape index (κ2) is 4.31. The molecule has 0 bridgehead atoms. The lowest BCUT2D eigenvalue weighted by atomic mass is 9.69. The highest BCUT2D eigenvalue weighted by Gasteiger charge is 2.44. The molecule has 1 N–H and O–H groups in total. The number of aromatic nitrogens is 1. The maximum Gasteiger partial charge on any atom is 0.240 e. The van der Waals surface area contributed by atoms with Crippen LogP contribution in [-0.2, 0) is 11.3 Å². The number of pyridine rings is 1. The molecule has 2 rings (SSSR count). The Morgan fingerprint density at radius 1 is 1.56 bits per heavy atom. The van der Waals surface area contributed by atoms with Crippen LogP contribution in [0.3, 0.4) is 0 Å². The molecule has 1 amide bonds. The van der Waals surface area contributed by atoms with E-state index in [1.807, 2.05) is 18.2 Å². The van der Waals surface area contributed by atoms with E-state index in [1.54, 1.807) is 6.20 Å². The zero-order chi connectivity index (χ0) is 11.4. The van der Waals surface area contributed by atoms with E-state index in [-0.39, 0.29) is 5.91 Å². The number of carbonyl (C=O) groups is 1. The average molecular weight is 215 g/mol. The summed E-state index contributed by atoms with van der Waals surface area (Å²) in [6.07, 6.45) is 4.00. The topological polar surface area (TPSA) is 65.8 Å². The molecular formula is C12H13N3O. The van der Waals surface area contributed by atoms with E-state index in [0.29, 0.717) is 19.4 Å². The highest BCUT2D eigenvalue weighted by Crippen LogP contribution is 2.40. The zero-order valence-corrected chi connectivity index (χ0v) is 8.94. The minimum Gasteiger partial charge on any atom is -0.349 e. The average Bonchev–Trinajstić information content (AvgIpc) is 2.27. The molecule has 0 aromatic carbocycles. The lowest BCUT2D eigenvalue weighted by Gasteiger charge is -2.33. The Labute approximate surface area is 94.3 Å². The van der Waals surface area contributed by atoms with Crippen LogP contribution in [0.4, 0.5) is 0 Å². The van der Waals surface area contributed by atoms with E-state index in [1.165, 1.54) is 0 Å². The molecule has 1 saturated carbocycles. The summed E-state index contributed by atoms with van der Waals surface area (Å²) in [4.78, 5) is 15.9. The fraction of sp³-hybridized carbons (Fsp3) is 0.417. The zero-order valence-electron chi connectivity index (χ0n) is 8.94. The number of amides is 1. The third-order valence-electron chi connectivity index (χ3n) is 3.01. The van der Waals surface area contributed by atoms with Crippen molar-refractivity contribution in [3.8, 4) is 6.07 Å². The molecule has 0 atom stereocenters. The predicted molar refractivity (Wildman–Crippen MR) is 58.0 cm³/mol. The normalized spacial score (nSPS) is 16.9. The molecule has 0 unspecified atom stereocenters. The minimum absolute atomic E-state index is 0.160. The monoisotopic (exact) mass is 215 g/mol. The molecule has 1 aliphatic carbocycles. The first kappa shape index (κ1) is 10.6. The van der Waals surface area contributed by atoms with Gasteiger partial charge in [-0.25, -0.2) is 0 Å². The van der Waals surface area contributed by atoms with E-state index >= 15 is 0 Å². The summed E-state index contributed by atoms with van der Waals surface area (Å²) < 4.78 is 0. The molecule has 1 heterocycles. The summed E-state index contributed by atoms with van der Waals surface area (Å²) in [6.45, 7) is 0.392. The van der Waals surface area contributed by atoms with Gasteiger partial charge in [-0.05, 0) is 31.4 Å². The van der Waals surface area contributed by atoms with Crippen LogP contribution in [-0.4, -0.2) is 10.9 Å². The Hall–Kier alpha value is -1.89. The number of carbonyl (C=O) groups excluding carboxylic acids is 1. The number of nitrogens with zero attached hydrogens (tertiary/aromatic N) is 2. The fourth-order valence-electron chi connectivity index (χ4n) is 1.76. The van der Waals surface area contributed by atoms with Crippen molar-refractivity contribution in [3.63, 3.8) is 0 Å². The quantitative estimate of drug-likeness (QED) is 0.828. The van der Waals surface area contributed by atoms with Gasteiger partial charge < -0.3 is 5.32 Å². The summed E-state index contributed by atoms with van der Waals surface area (Å²) in [5, 5.41) is 11.7. The Morgan fingerprint density at radius 3 is 2.88 bits per heavy atom. The maximum atomic E-state index is 11.8. The van der Waals surface area contributed by atoms with Crippen LogP contribution < -0.4 is 5.32 Å². The summed E-state index contributed by atoms with van der Waals surface area (Å²) in [5.74, 6) is -0.160. The van der Waals surface area contributed by atoms with Crippen LogP contribution in [0.25, 0.3) is 0 Å². The van der Waals surface area contributed by atoms with Gasteiger partial charge >= 0.3 is 0 Å². The summed E-state index contributed by atoms with van der Waals surface area (Å²) in [5.41, 5.74) is 0.0395. The van der Waals surface area contributed by atoms with Gasteiger partial charge in [-0.15, -0.1) is 0 Å². The van der Waals surface area contributed by atoms with Gasteiger partial charge in [0, 0.05) is 6.20 Å². The van der Waals surface area contributed by atoms with Crippen molar-refractivity contribution < 1.29 is 4.79 Å². The van der Waals surface area contributed by atoms with Crippen molar-refractivity contribution in [2.24, 2.45) is 5.41 Å². The van der Waals surface area contributed by atoms with Crippen LogP contribution >= 0.6 is 0 Å². The van der Waals surface area contributed by atoms with Crippen LogP contribution in [0.15, 0.2) is 24.4 Å². The Balaban J connectivity index is 1.92. The van der Waals surface area contributed by atoms with Crippen LogP contribution in [0.1, 0.15) is 25.0 Å². The molecular weight excluding hydrogens is 202 g/mol. The SMILES string of the molecule is N#CC1(C(=O)NCc2ccccn2)CCC1. The highest BCUT2D eigenvalue weighted by atomic mass is 16.2. The first-order valence-corrected chi connectivity index (χ1v) is 5.36. The third kappa shape index (κ3) is 1.89. The first-order chi connectivity index (χ1) is 7.77. The number of nitrogens with one attached hydrogen (secondary N) is 1. The third-order valence-corrected chi connectivity index (χ3v) is 3.01. The van der Waals surface area contributed by atoms with Crippen LogP contribution in [0.2, 0.25) is 0 Å². The molecule has 0 radical (unpaired) electrons. The van der Waals surface area contributed by atoms with Crippen molar-refractivity contribution in [1.82, 2.24) is 10.3 Å². The van der Waals surface area contributed by atoms with Gasteiger partial charge in [-0.2, -0.15) is 5.26 Å². The van der Waals surface area contributed by atoms with Crippen LogP contribution in [0, 0.1) is 16.7 Å². The van der Waals surface area contributed by atoms with Crippen molar-refractivity contribution in [1.29, 1.82) is 5.26 Å². The number of rotatable bonds is 3. The lowest BCUT2D eigenvalue weighted by Crippen LogP contribution is -2.44. The minimum atomic E-state index is -0.769. The Morgan fingerprint density at radius 2 is 2.38 bits per heavy atom. The second-order valence-corrected chi connectivity index (χ2v) is 4.05. The van der Waals surface area contributed by atoms with Gasteiger partial charge in [0.2, 0.25) is 5.91 Å². The Kier molecular flexibility index (Phi) is 2.86. The largest absolute Gasteiger partial charge is 0.349 e. The summed E-state index contributed by atoms with van der Waals surface area (Å²) >= 11 is 0. The van der Waals surface area contributed by atoms with E-state index in [9.17, 15) is 4.79 Å². The number of hydrogen-bond acceptors (Lipinski definition) is 3. The molecule has 4 heteroatoms. The number of hydrogen-bond donors (Lipinski definition) is 1. The molecule has 1 fully saturated rings. The maximum absolute atomic E-state index is 11.8. The molecule has 16 heavy (non-hydrogen) atoms. The number of nitriles is 1. The van der Waals surface area contributed by atoms with Crippen molar-refractivity contribution >= 4 is 5.91 Å². The highest BCUT2D eigenvalue weighted by molar-refractivity contribution is 5.86. The fourth-order valence-corrected chi connectivity index (χ4v) is 1.76. The summed E-state index contributed by atoms with van der Waals surface area (Å²) in [7, 11) is 0. The molecule has 0 spiro atoms. The van der Waals surface area contributed by atoms with Gasteiger partial charge in [-0.3, -0.25) is 9.78 Å².